The number of benzene rings is 1. The van der Waals surface area contributed by atoms with Gasteiger partial charge in [-0.25, -0.2) is 4.98 Å². The topological polar surface area (TPSA) is 12.9 Å². The van der Waals surface area contributed by atoms with Crippen LogP contribution in [0.3, 0.4) is 0 Å². The lowest BCUT2D eigenvalue weighted by molar-refractivity contribution is 1.29. The van der Waals surface area contributed by atoms with Crippen LogP contribution in [0.5, 0.6) is 0 Å². The molecule has 0 unspecified atom stereocenters. The average molecular weight is 232 g/mol. The first-order valence-corrected chi connectivity index (χ1v) is 5.55. The summed E-state index contributed by atoms with van der Waals surface area (Å²) in [6, 6.07) is 3.85. The fraction of sp³-hybridized carbons (Fsp3) is 0.222. The number of fused-ring (bicyclic) bond motifs is 1. The van der Waals surface area contributed by atoms with E-state index in [-0.39, 0.29) is 0 Å². The molecule has 0 aliphatic rings. The molecule has 0 saturated carbocycles. The Morgan fingerprint density at radius 1 is 1.46 bits per heavy atom. The van der Waals surface area contributed by atoms with Crippen LogP contribution in [0.1, 0.15) is 10.6 Å². The lowest BCUT2D eigenvalue weighted by Crippen LogP contribution is -1.77. The molecule has 13 heavy (non-hydrogen) atoms. The summed E-state index contributed by atoms with van der Waals surface area (Å²) >= 11 is 13.2. The van der Waals surface area contributed by atoms with E-state index in [1.165, 1.54) is 0 Å². The summed E-state index contributed by atoms with van der Waals surface area (Å²) in [7, 11) is 0. The number of rotatable bonds is 1. The van der Waals surface area contributed by atoms with Crippen LogP contribution >= 0.6 is 34.5 Å². The summed E-state index contributed by atoms with van der Waals surface area (Å²) in [6.45, 7) is 2.01. The third-order valence-electron chi connectivity index (χ3n) is 1.81. The van der Waals surface area contributed by atoms with Gasteiger partial charge in [0.05, 0.1) is 16.1 Å². The molecule has 0 aliphatic heterocycles. The highest BCUT2D eigenvalue weighted by molar-refractivity contribution is 7.18. The quantitative estimate of drug-likeness (QED) is 0.677. The number of hydrogen-bond donors (Lipinski definition) is 0. The molecule has 1 nitrogen and oxygen atoms in total. The molecule has 0 amide bonds. The summed E-state index contributed by atoms with van der Waals surface area (Å²) < 4.78 is 1.11. The maximum absolute atomic E-state index is 5.92. The highest BCUT2D eigenvalue weighted by Crippen LogP contribution is 2.28. The standard InChI is InChI=1S/C9H7Cl2NS/c1-5-2-6(11)3-7-9(5)12-8(4-10)13-7/h2-3H,4H2,1H3. The van der Waals surface area contributed by atoms with Gasteiger partial charge in [-0.05, 0) is 24.6 Å². The zero-order valence-electron chi connectivity index (χ0n) is 6.97. The van der Waals surface area contributed by atoms with Crippen LogP contribution in [0.4, 0.5) is 0 Å². The Bertz CT molecular complexity index is 450. The van der Waals surface area contributed by atoms with Gasteiger partial charge < -0.3 is 0 Å². The van der Waals surface area contributed by atoms with Crippen LogP contribution in [0.2, 0.25) is 5.02 Å². The predicted molar refractivity (Wildman–Crippen MR) is 58.9 cm³/mol. The summed E-state index contributed by atoms with van der Waals surface area (Å²) in [5.74, 6) is 0.469. The van der Waals surface area contributed by atoms with Gasteiger partial charge in [0.15, 0.2) is 0 Å². The number of aryl methyl sites for hydroxylation is 1. The largest absolute Gasteiger partial charge is 0.240 e. The van der Waals surface area contributed by atoms with Gasteiger partial charge in [-0.3, -0.25) is 0 Å². The first kappa shape index (κ1) is 9.25. The van der Waals surface area contributed by atoms with Crippen molar-refractivity contribution >= 4 is 44.8 Å². The van der Waals surface area contributed by atoms with Crippen molar-refractivity contribution in [2.75, 3.05) is 0 Å². The van der Waals surface area contributed by atoms with Gasteiger partial charge in [0, 0.05) is 5.02 Å². The molecule has 4 heteroatoms. The molecular weight excluding hydrogens is 225 g/mol. The van der Waals surface area contributed by atoms with Crippen LogP contribution < -0.4 is 0 Å². The van der Waals surface area contributed by atoms with Gasteiger partial charge in [-0.1, -0.05) is 11.6 Å². The molecule has 0 N–H and O–H groups in total. The van der Waals surface area contributed by atoms with Gasteiger partial charge in [0.2, 0.25) is 0 Å². The number of hydrogen-bond acceptors (Lipinski definition) is 2. The molecule has 0 aliphatic carbocycles. The molecule has 0 fully saturated rings. The first-order chi connectivity index (χ1) is 6.20. The van der Waals surface area contributed by atoms with Gasteiger partial charge in [0.1, 0.15) is 5.01 Å². The zero-order valence-corrected chi connectivity index (χ0v) is 9.30. The van der Waals surface area contributed by atoms with Gasteiger partial charge in [-0.2, -0.15) is 0 Å². The summed E-state index contributed by atoms with van der Waals surface area (Å²) in [6.07, 6.45) is 0. The Labute approximate surface area is 90.3 Å². The van der Waals surface area contributed by atoms with E-state index in [0.29, 0.717) is 5.88 Å². The highest BCUT2D eigenvalue weighted by atomic mass is 35.5. The second-order valence-electron chi connectivity index (χ2n) is 2.81. The van der Waals surface area contributed by atoms with Crippen molar-refractivity contribution in [1.82, 2.24) is 4.98 Å². The maximum Gasteiger partial charge on any atom is 0.109 e. The van der Waals surface area contributed by atoms with Gasteiger partial charge >= 0.3 is 0 Å². The van der Waals surface area contributed by atoms with Crippen molar-refractivity contribution in [2.24, 2.45) is 0 Å². The van der Waals surface area contributed by atoms with Crippen molar-refractivity contribution in [3.8, 4) is 0 Å². The highest BCUT2D eigenvalue weighted by Gasteiger charge is 2.06. The van der Waals surface area contributed by atoms with E-state index in [0.717, 1.165) is 25.8 Å². The minimum absolute atomic E-state index is 0.469. The minimum Gasteiger partial charge on any atom is -0.240 e. The number of aromatic nitrogens is 1. The molecule has 1 aromatic heterocycles. The number of nitrogens with zero attached hydrogens (tertiary/aromatic N) is 1. The van der Waals surface area contributed by atoms with Crippen LogP contribution in [-0.4, -0.2) is 4.98 Å². The molecular formula is C9H7Cl2NS. The van der Waals surface area contributed by atoms with E-state index < -0.39 is 0 Å². The monoisotopic (exact) mass is 231 g/mol. The normalized spacial score (nSPS) is 11.0. The lowest BCUT2D eigenvalue weighted by atomic mass is 10.2. The van der Waals surface area contributed by atoms with Crippen LogP contribution in [0.15, 0.2) is 12.1 Å². The Morgan fingerprint density at radius 3 is 2.92 bits per heavy atom. The number of alkyl halides is 1. The van der Waals surface area contributed by atoms with Crippen molar-refractivity contribution in [2.45, 2.75) is 12.8 Å². The van der Waals surface area contributed by atoms with E-state index in [1.807, 2.05) is 19.1 Å². The smallest absolute Gasteiger partial charge is 0.109 e. The molecule has 1 aromatic carbocycles. The Hall–Kier alpha value is -0.310. The van der Waals surface area contributed by atoms with E-state index in [2.05, 4.69) is 4.98 Å². The third kappa shape index (κ3) is 1.66. The van der Waals surface area contributed by atoms with Crippen molar-refractivity contribution < 1.29 is 0 Å². The van der Waals surface area contributed by atoms with Crippen LogP contribution in [0, 0.1) is 6.92 Å². The number of halogens is 2. The first-order valence-electron chi connectivity index (χ1n) is 3.82. The van der Waals surface area contributed by atoms with E-state index in [1.54, 1.807) is 11.3 Å². The molecule has 2 rings (SSSR count). The number of thiazole rings is 1. The fourth-order valence-electron chi connectivity index (χ4n) is 1.26. The second-order valence-corrected chi connectivity index (χ2v) is 4.63. The molecule has 2 aromatic rings. The minimum atomic E-state index is 0.469. The van der Waals surface area contributed by atoms with Crippen molar-refractivity contribution in [1.29, 1.82) is 0 Å². The summed E-state index contributed by atoms with van der Waals surface area (Å²) in [5.41, 5.74) is 2.13. The van der Waals surface area contributed by atoms with E-state index in [9.17, 15) is 0 Å². The maximum atomic E-state index is 5.92. The Morgan fingerprint density at radius 2 is 2.23 bits per heavy atom. The lowest BCUT2D eigenvalue weighted by Gasteiger charge is -1.94. The van der Waals surface area contributed by atoms with Gasteiger partial charge in [0.25, 0.3) is 0 Å². The molecule has 0 bridgehead atoms. The van der Waals surface area contributed by atoms with E-state index >= 15 is 0 Å². The molecule has 0 atom stereocenters. The molecule has 0 radical (unpaired) electrons. The molecule has 0 spiro atoms. The second kappa shape index (κ2) is 3.45. The van der Waals surface area contributed by atoms with Crippen LogP contribution in [-0.2, 0) is 5.88 Å². The zero-order chi connectivity index (χ0) is 9.42. The predicted octanol–water partition coefficient (Wildman–Crippen LogP) is 4.00. The van der Waals surface area contributed by atoms with Gasteiger partial charge in [-0.15, -0.1) is 22.9 Å². The average Bonchev–Trinajstić information content (AvgIpc) is 2.47. The van der Waals surface area contributed by atoms with Crippen LogP contribution in [0.25, 0.3) is 10.2 Å². The third-order valence-corrected chi connectivity index (χ3v) is 3.44. The molecule has 68 valence electrons. The summed E-state index contributed by atoms with van der Waals surface area (Å²) in [4.78, 5) is 4.40. The van der Waals surface area contributed by atoms with Crippen molar-refractivity contribution in [3.05, 3.63) is 27.7 Å². The fourth-order valence-corrected chi connectivity index (χ4v) is 2.75. The molecule has 1 heterocycles. The Kier molecular flexibility index (Phi) is 2.45. The Balaban J connectivity index is 2.75. The SMILES string of the molecule is Cc1cc(Cl)cc2sc(CCl)nc12. The van der Waals surface area contributed by atoms with E-state index in [4.69, 9.17) is 23.2 Å². The summed E-state index contributed by atoms with van der Waals surface area (Å²) in [5, 5.41) is 1.71. The van der Waals surface area contributed by atoms with Crippen molar-refractivity contribution in [3.63, 3.8) is 0 Å². The molecule has 0 saturated heterocycles.